The number of anilines is 1. The Kier molecular flexibility index (Phi) is 5.49. The highest BCUT2D eigenvalue weighted by Gasteiger charge is 2.25. The van der Waals surface area contributed by atoms with Crippen molar-refractivity contribution in [1.82, 2.24) is 4.90 Å². The van der Waals surface area contributed by atoms with Gasteiger partial charge in [0.2, 0.25) is 0 Å². The minimum atomic E-state index is 0.0441. The third-order valence-corrected chi connectivity index (χ3v) is 5.00. The number of piperidine rings is 1. The summed E-state index contributed by atoms with van der Waals surface area (Å²) in [6, 6.07) is 7.69. The van der Waals surface area contributed by atoms with Crippen molar-refractivity contribution < 1.29 is 9.53 Å². The van der Waals surface area contributed by atoms with Crippen LogP contribution in [0.25, 0.3) is 0 Å². The van der Waals surface area contributed by atoms with Crippen LogP contribution in [0.3, 0.4) is 0 Å². The van der Waals surface area contributed by atoms with Gasteiger partial charge in [-0.05, 0) is 43.9 Å². The van der Waals surface area contributed by atoms with Crippen molar-refractivity contribution in [1.29, 1.82) is 5.26 Å². The van der Waals surface area contributed by atoms with Crippen molar-refractivity contribution >= 4 is 11.5 Å². The summed E-state index contributed by atoms with van der Waals surface area (Å²) in [6.45, 7) is 8.25. The first-order chi connectivity index (χ1) is 11.7. The zero-order valence-electron chi connectivity index (χ0n) is 14.3. The third-order valence-electron chi connectivity index (χ3n) is 5.00. The second-order valence-electron chi connectivity index (χ2n) is 6.77. The maximum atomic E-state index is 11.7. The van der Waals surface area contributed by atoms with Crippen LogP contribution >= 0.6 is 0 Å². The molecule has 1 aromatic carbocycles. The predicted octanol–water partition coefficient (Wildman–Crippen LogP) is 2.31. The molecule has 0 N–H and O–H groups in total. The molecule has 2 aliphatic rings. The molecule has 1 unspecified atom stereocenters. The van der Waals surface area contributed by atoms with E-state index >= 15 is 0 Å². The lowest BCUT2D eigenvalue weighted by atomic mass is 9.95. The zero-order valence-corrected chi connectivity index (χ0v) is 14.3. The largest absolute Gasteiger partial charge is 0.379 e. The first-order valence-corrected chi connectivity index (χ1v) is 8.77. The number of hydrogen-bond acceptors (Lipinski definition) is 5. The standard InChI is InChI=1S/C19H25N3O2/c1-15(23)17-4-5-18(12-20)19(11-17)22-6-2-3-16(14-22)13-21-7-9-24-10-8-21/h4-5,11,16H,2-3,6-10,13-14H2,1H3. The van der Waals surface area contributed by atoms with E-state index in [0.717, 1.165) is 58.0 Å². The second-order valence-corrected chi connectivity index (χ2v) is 6.77. The average Bonchev–Trinajstić information content (AvgIpc) is 2.62. The number of Topliss-reactive ketones (excluding diaryl/α,β-unsaturated/α-hetero) is 1. The van der Waals surface area contributed by atoms with Crippen molar-refractivity contribution in [3.63, 3.8) is 0 Å². The molecule has 24 heavy (non-hydrogen) atoms. The fourth-order valence-electron chi connectivity index (χ4n) is 3.69. The molecular weight excluding hydrogens is 302 g/mol. The van der Waals surface area contributed by atoms with Gasteiger partial charge >= 0.3 is 0 Å². The molecule has 3 rings (SSSR count). The van der Waals surface area contributed by atoms with Crippen LogP contribution in [0.15, 0.2) is 18.2 Å². The normalized spacial score (nSPS) is 22.2. The first-order valence-electron chi connectivity index (χ1n) is 8.77. The molecule has 5 heteroatoms. The number of benzene rings is 1. The summed E-state index contributed by atoms with van der Waals surface area (Å²) in [5.74, 6) is 0.645. The van der Waals surface area contributed by atoms with Gasteiger partial charge in [0.25, 0.3) is 0 Å². The Morgan fingerprint density at radius 3 is 2.83 bits per heavy atom. The van der Waals surface area contributed by atoms with Gasteiger partial charge in [-0.2, -0.15) is 5.26 Å². The van der Waals surface area contributed by atoms with Gasteiger partial charge in [-0.1, -0.05) is 0 Å². The molecule has 2 heterocycles. The number of rotatable bonds is 4. The number of morpholine rings is 1. The molecule has 0 amide bonds. The minimum Gasteiger partial charge on any atom is -0.379 e. The van der Waals surface area contributed by atoms with E-state index in [1.54, 1.807) is 19.1 Å². The van der Waals surface area contributed by atoms with E-state index in [9.17, 15) is 10.1 Å². The molecule has 0 radical (unpaired) electrons. The molecule has 128 valence electrons. The van der Waals surface area contributed by atoms with E-state index in [4.69, 9.17) is 4.74 Å². The number of ether oxygens (including phenoxy) is 1. The lowest BCUT2D eigenvalue weighted by Gasteiger charge is -2.38. The fourth-order valence-corrected chi connectivity index (χ4v) is 3.69. The molecule has 1 aromatic rings. The van der Waals surface area contributed by atoms with E-state index in [1.165, 1.54) is 6.42 Å². The van der Waals surface area contributed by atoms with Crippen LogP contribution in [0.1, 0.15) is 35.7 Å². The fraction of sp³-hybridized carbons (Fsp3) is 0.579. The number of nitriles is 1. The van der Waals surface area contributed by atoms with E-state index in [1.807, 2.05) is 6.07 Å². The van der Waals surface area contributed by atoms with Crippen molar-refractivity contribution in [2.24, 2.45) is 5.92 Å². The van der Waals surface area contributed by atoms with Crippen LogP contribution in [0.5, 0.6) is 0 Å². The highest BCUT2D eigenvalue weighted by atomic mass is 16.5. The van der Waals surface area contributed by atoms with E-state index in [2.05, 4.69) is 15.9 Å². The summed E-state index contributed by atoms with van der Waals surface area (Å²) in [5.41, 5.74) is 2.25. The average molecular weight is 327 g/mol. The molecule has 0 aromatic heterocycles. The monoisotopic (exact) mass is 327 g/mol. The van der Waals surface area contributed by atoms with Crippen LogP contribution in [0.4, 0.5) is 5.69 Å². The second kappa shape index (κ2) is 7.78. The van der Waals surface area contributed by atoms with Gasteiger partial charge in [-0.15, -0.1) is 0 Å². The first kappa shape index (κ1) is 16.9. The zero-order chi connectivity index (χ0) is 16.9. The van der Waals surface area contributed by atoms with Crippen molar-refractivity contribution in [3.05, 3.63) is 29.3 Å². The highest BCUT2D eigenvalue weighted by Crippen LogP contribution is 2.28. The Morgan fingerprint density at radius 1 is 1.33 bits per heavy atom. The molecule has 1 atom stereocenters. The molecule has 2 fully saturated rings. The molecule has 2 saturated heterocycles. The van der Waals surface area contributed by atoms with Gasteiger partial charge in [-0.3, -0.25) is 9.69 Å². The Hall–Kier alpha value is -1.90. The van der Waals surface area contributed by atoms with E-state index < -0.39 is 0 Å². The molecule has 5 nitrogen and oxygen atoms in total. The summed E-state index contributed by atoms with van der Waals surface area (Å²) in [4.78, 5) is 16.5. The summed E-state index contributed by atoms with van der Waals surface area (Å²) in [6.07, 6.45) is 2.35. The number of carbonyl (C=O) groups is 1. The van der Waals surface area contributed by atoms with Gasteiger partial charge in [-0.25, -0.2) is 0 Å². The lowest BCUT2D eigenvalue weighted by Crippen LogP contribution is -2.44. The van der Waals surface area contributed by atoms with Crippen molar-refractivity contribution in [3.8, 4) is 6.07 Å². The van der Waals surface area contributed by atoms with Gasteiger partial charge < -0.3 is 9.64 Å². The molecule has 0 bridgehead atoms. The van der Waals surface area contributed by atoms with Gasteiger partial charge in [0.15, 0.2) is 5.78 Å². The number of ketones is 1. The molecule has 0 saturated carbocycles. The molecular formula is C19H25N3O2. The summed E-state index contributed by atoms with van der Waals surface area (Å²) < 4.78 is 5.43. The summed E-state index contributed by atoms with van der Waals surface area (Å²) >= 11 is 0. The molecule has 0 aliphatic carbocycles. The third kappa shape index (κ3) is 3.95. The van der Waals surface area contributed by atoms with Crippen molar-refractivity contribution in [2.45, 2.75) is 19.8 Å². The summed E-state index contributed by atoms with van der Waals surface area (Å²) in [5, 5.41) is 9.42. The predicted molar refractivity (Wildman–Crippen MR) is 93.4 cm³/mol. The Labute approximate surface area is 143 Å². The van der Waals surface area contributed by atoms with Crippen LogP contribution in [0, 0.1) is 17.2 Å². The topological polar surface area (TPSA) is 56.6 Å². The SMILES string of the molecule is CC(=O)c1ccc(C#N)c(N2CCCC(CN3CCOCC3)C2)c1. The maximum absolute atomic E-state index is 11.7. The number of carbonyl (C=O) groups excluding carboxylic acids is 1. The van der Waals surface area contributed by atoms with Gasteiger partial charge in [0.05, 0.1) is 24.5 Å². The van der Waals surface area contributed by atoms with Crippen LogP contribution in [-0.4, -0.2) is 56.6 Å². The van der Waals surface area contributed by atoms with Crippen LogP contribution in [0.2, 0.25) is 0 Å². The maximum Gasteiger partial charge on any atom is 0.159 e. The van der Waals surface area contributed by atoms with Crippen LogP contribution < -0.4 is 4.90 Å². The quantitative estimate of drug-likeness (QED) is 0.794. The van der Waals surface area contributed by atoms with Crippen LogP contribution in [-0.2, 0) is 4.74 Å². The Balaban J connectivity index is 1.73. The summed E-state index contributed by atoms with van der Waals surface area (Å²) in [7, 11) is 0. The van der Waals surface area contributed by atoms with E-state index in [-0.39, 0.29) is 5.78 Å². The van der Waals surface area contributed by atoms with E-state index in [0.29, 0.717) is 17.0 Å². The minimum absolute atomic E-state index is 0.0441. The highest BCUT2D eigenvalue weighted by molar-refractivity contribution is 5.95. The van der Waals surface area contributed by atoms with Gasteiger partial charge in [0, 0.05) is 38.3 Å². The molecule has 2 aliphatic heterocycles. The lowest BCUT2D eigenvalue weighted by molar-refractivity contribution is 0.0296. The van der Waals surface area contributed by atoms with Crippen molar-refractivity contribution in [2.75, 3.05) is 50.8 Å². The number of hydrogen-bond donors (Lipinski definition) is 0. The van der Waals surface area contributed by atoms with Gasteiger partial charge in [0.1, 0.15) is 6.07 Å². The number of nitrogens with zero attached hydrogens (tertiary/aromatic N) is 3. The Bertz CT molecular complexity index is 632. The molecule has 0 spiro atoms. The Morgan fingerprint density at radius 2 is 2.12 bits per heavy atom. The smallest absolute Gasteiger partial charge is 0.159 e.